The van der Waals surface area contributed by atoms with Gasteiger partial charge in [-0.25, -0.2) is 8.78 Å². The van der Waals surface area contributed by atoms with E-state index < -0.39 is 29.4 Å². The molecule has 1 aromatic carbocycles. The van der Waals surface area contributed by atoms with E-state index >= 15 is 0 Å². The largest absolute Gasteiger partial charge is 0.481 e. The molecule has 0 fully saturated rings. The number of hydrogen-bond donors (Lipinski definition) is 2. The van der Waals surface area contributed by atoms with Gasteiger partial charge in [-0.15, -0.1) is 0 Å². The minimum absolute atomic E-state index is 0.124. The second-order valence-electron chi connectivity index (χ2n) is 3.88. The molecule has 6 heteroatoms. The Morgan fingerprint density at radius 2 is 1.83 bits per heavy atom. The summed E-state index contributed by atoms with van der Waals surface area (Å²) in [5.41, 5.74) is 0.399. The summed E-state index contributed by atoms with van der Waals surface area (Å²) in [6.07, 6.45) is 0.229. The van der Waals surface area contributed by atoms with Crippen molar-refractivity contribution in [2.75, 3.05) is 6.54 Å². The first-order valence-corrected chi connectivity index (χ1v) is 5.35. The zero-order chi connectivity index (χ0) is 13.7. The average Bonchev–Trinajstić information content (AvgIpc) is 2.26. The van der Waals surface area contributed by atoms with Crippen LogP contribution in [0.1, 0.15) is 12.5 Å². The highest BCUT2D eigenvalue weighted by atomic mass is 19.1. The maximum absolute atomic E-state index is 12.8. The lowest BCUT2D eigenvalue weighted by atomic mass is 10.1. The Hall–Kier alpha value is -1.98. The number of rotatable bonds is 5. The van der Waals surface area contributed by atoms with Gasteiger partial charge in [-0.05, 0) is 31.0 Å². The first-order chi connectivity index (χ1) is 8.40. The van der Waals surface area contributed by atoms with Crippen LogP contribution in [-0.4, -0.2) is 23.5 Å². The SMILES string of the molecule is CC(C(=O)O)C(=O)NCCc1cc(F)cc(F)c1. The fourth-order valence-corrected chi connectivity index (χ4v) is 1.35. The van der Waals surface area contributed by atoms with Gasteiger partial charge in [0.25, 0.3) is 0 Å². The van der Waals surface area contributed by atoms with Gasteiger partial charge in [0, 0.05) is 12.6 Å². The number of benzene rings is 1. The summed E-state index contributed by atoms with van der Waals surface area (Å²) in [4.78, 5) is 21.8. The maximum Gasteiger partial charge on any atom is 0.315 e. The monoisotopic (exact) mass is 257 g/mol. The van der Waals surface area contributed by atoms with Crippen molar-refractivity contribution >= 4 is 11.9 Å². The van der Waals surface area contributed by atoms with Gasteiger partial charge in [0.1, 0.15) is 17.6 Å². The minimum atomic E-state index is -1.22. The number of carboxylic acids is 1. The molecule has 18 heavy (non-hydrogen) atoms. The van der Waals surface area contributed by atoms with Crippen LogP contribution in [-0.2, 0) is 16.0 Å². The smallest absolute Gasteiger partial charge is 0.315 e. The minimum Gasteiger partial charge on any atom is -0.481 e. The van der Waals surface area contributed by atoms with Gasteiger partial charge in [-0.2, -0.15) is 0 Å². The van der Waals surface area contributed by atoms with Crippen molar-refractivity contribution in [2.24, 2.45) is 5.92 Å². The van der Waals surface area contributed by atoms with E-state index in [0.717, 1.165) is 18.2 Å². The van der Waals surface area contributed by atoms with E-state index in [4.69, 9.17) is 5.11 Å². The van der Waals surface area contributed by atoms with Crippen LogP contribution >= 0.6 is 0 Å². The number of carbonyl (C=O) groups is 2. The molecule has 0 aliphatic rings. The molecule has 0 bridgehead atoms. The van der Waals surface area contributed by atoms with Crippen molar-refractivity contribution in [3.63, 3.8) is 0 Å². The zero-order valence-corrected chi connectivity index (χ0v) is 9.74. The number of amides is 1. The van der Waals surface area contributed by atoms with Gasteiger partial charge >= 0.3 is 5.97 Å². The number of halogens is 2. The van der Waals surface area contributed by atoms with Crippen molar-refractivity contribution in [3.8, 4) is 0 Å². The molecule has 0 saturated carbocycles. The molecule has 0 aromatic heterocycles. The third-order valence-electron chi connectivity index (χ3n) is 2.40. The summed E-state index contributed by atoms with van der Waals surface area (Å²) in [6.45, 7) is 1.39. The predicted octanol–water partition coefficient (Wildman–Crippen LogP) is 1.34. The normalized spacial score (nSPS) is 11.9. The Bertz CT molecular complexity index is 442. The molecule has 98 valence electrons. The molecule has 0 spiro atoms. The van der Waals surface area contributed by atoms with E-state index in [1.807, 2.05) is 0 Å². The van der Waals surface area contributed by atoms with E-state index in [1.165, 1.54) is 6.92 Å². The molecule has 1 atom stereocenters. The highest BCUT2D eigenvalue weighted by Gasteiger charge is 2.19. The molecule has 1 amide bonds. The van der Waals surface area contributed by atoms with Gasteiger partial charge in [-0.3, -0.25) is 9.59 Å². The molecule has 1 rings (SSSR count). The fraction of sp³-hybridized carbons (Fsp3) is 0.333. The summed E-state index contributed by atoms with van der Waals surface area (Å²) in [7, 11) is 0. The second-order valence-corrected chi connectivity index (χ2v) is 3.88. The average molecular weight is 257 g/mol. The van der Waals surface area contributed by atoms with E-state index in [2.05, 4.69) is 5.32 Å². The standard InChI is InChI=1S/C12H13F2NO3/c1-7(12(17)18)11(16)15-3-2-8-4-9(13)6-10(14)5-8/h4-7H,2-3H2,1H3,(H,15,16)(H,17,18). The molecule has 0 radical (unpaired) electrons. The van der Waals surface area contributed by atoms with Gasteiger partial charge in [-0.1, -0.05) is 0 Å². The Labute approximate surface area is 103 Å². The Morgan fingerprint density at radius 3 is 2.33 bits per heavy atom. The van der Waals surface area contributed by atoms with Gasteiger partial charge in [0.15, 0.2) is 0 Å². The Morgan fingerprint density at radius 1 is 1.28 bits per heavy atom. The summed E-state index contributed by atoms with van der Waals surface area (Å²) in [6, 6.07) is 3.08. The van der Waals surface area contributed by atoms with Crippen LogP contribution in [0.4, 0.5) is 8.78 Å². The van der Waals surface area contributed by atoms with Crippen LogP contribution in [0.25, 0.3) is 0 Å². The molecule has 1 unspecified atom stereocenters. The van der Waals surface area contributed by atoms with Gasteiger partial charge < -0.3 is 10.4 Å². The second kappa shape index (κ2) is 6.09. The summed E-state index contributed by atoms with van der Waals surface area (Å²) < 4.78 is 25.7. The van der Waals surface area contributed by atoms with Crippen molar-refractivity contribution in [3.05, 3.63) is 35.4 Å². The topological polar surface area (TPSA) is 66.4 Å². The highest BCUT2D eigenvalue weighted by Crippen LogP contribution is 2.08. The molecule has 1 aromatic rings. The van der Waals surface area contributed by atoms with Gasteiger partial charge in [0.05, 0.1) is 0 Å². The van der Waals surface area contributed by atoms with Crippen molar-refractivity contribution in [2.45, 2.75) is 13.3 Å². The molecule has 2 N–H and O–H groups in total. The number of carboxylic acid groups (broad SMARTS) is 1. The quantitative estimate of drug-likeness (QED) is 0.782. The summed E-state index contributed by atoms with van der Waals surface area (Å²) in [5, 5.41) is 11.0. The van der Waals surface area contributed by atoms with E-state index in [9.17, 15) is 18.4 Å². The summed E-state index contributed by atoms with van der Waals surface area (Å²) >= 11 is 0. The predicted molar refractivity (Wildman–Crippen MR) is 59.9 cm³/mol. The lowest BCUT2D eigenvalue weighted by molar-refractivity contribution is -0.146. The number of carbonyl (C=O) groups excluding carboxylic acids is 1. The van der Waals surface area contributed by atoms with E-state index in [0.29, 0.717) is 5.56 Å². The first kappa shape index (κ1) is 14.1. The molecular weight excluding hydrogens is 244 g/mol. The molecule has 0 heterocycles. The van der Waals surface area contributed by atoms with E-state index in [-0.39, 0.29) is 13.0 Å². The van der Waals surface area contributed by atoms with Crippen LogP contribution in [0.15, 0.2) is 18.2 Å². The number of aliphatic carboxylic acids is 1. The molecule has 0 saturated heterocycles. The highest BCUT2D eigenvalue weighted by molar-refractivity contribution is 5.96. The first-order valence-electron chi connectivity index (χ1n) is 5.35. The third-order valence-corrected chi connectivity index (χ3v) is 2.40. The van der Waals surface area contributed by atoms with Crippen molar-refractivity contribution in [1.82, 2.24) is 5.32 Å². The molecule has 4 nitrogen and oxygen atoms in total. The van der Waals surface area contributed by atoms with Crippen LogP contribution in [0, 0.1) is 17.6 Å². The van der Waals surface area contributed by atoms with Crippen molar-refractivity contribution in [1.29, 1.82) is 0 Å². The van der Waals surface area contributed by atoms with Crippen LogP contribution < -0.4 is 5.32 Å². The number of nitrogens with one attached hydrogen (secondary N) is 1. The maximum atomic E-state index is 12.8. The zero-order valence-electron chi connectivity index (χ0n) is 9.74. The Balaban J connectivity index is 2.47. The van der Waals surface area contributed by atoms with Crippen LogP contribution in [0.3, 0.4) is 0 Å². The fourth-order valence-electron chi connectivity index (χ4n) is 1.35. The van der Waals surface area contributed by atoms with Crippen LogP contribution in [0.2, 0.25) is 0 Å². The van der Waals surface area contributed by atoms with E-state index in [1.54, 1.807) is 0 Å². The molecular formula is C12H13F2NO3. The third kappa shape index (κ3) is 4.12. The van der Waals surface area contributed by atoms with Crippen LogP contribution in [0.5, 0.6) is 0 Å². The lowest BCUT2D eigenvalue weighted by Crippen LogP contribution is -2.34. The van der Waals surface area contributed by atoms with Gasteiger partial charge in [0.2, 0.25) is 5.91 Å². The summed E-state index contributed by atoms with van der Waals surface area (Å²) in [5.74, 6) is -4.36. The lowest BCUT2D eigenvalue weighted by Gasteiger charge is -2.08. The Kier molecular flexibility index (Phi) is 4.76. The molecule has 0 aliphatic heterocycles. The van der Waals surface area contributed by atoms with Crippen molar-refractivity contribution < 1.29 is 23.5 Å². The number of hydrogen-bond acceptors (Lipinski definition) is 2. The molecule has 0 aliphatic carbocycles.